The Morgan fingerprint density at radius 2 is 2.15 bits per heavy atom. The summed E-state index contributed by atoms with van der Waals surface area (Å²) in [7, 11) is 0. The summed E-state index contributed by atoms with van der Waals surface area (Å²) in [6.07, 6.45) is 5.43. The Bertz CT molecular complexity index is 655. The maximum atomic E-state index is 13.2. The first-order valence-corrected chi connectivity index (χ1v) is 10.3. The zero-order valence-corrected chi connectivity index (χ0v) is 16.7. The maximum absolute atomic E-state index is 13.2. The molecule has 0 bridgehead atoms. The molecule has 3 aliphatic rings. The zero-order valence-electron chi connectivity index (χ0n) is 15.9. The van der Waals surface area contributed by atoms with E-state index >= 15 is 0 Å². The molecule has 7 heteroatoms. The van der Waals surface area contributed by atoms with Gasteiger partial charge in [0.1, 0.15) is 11.4 Å². The molecule has 3 fully saturated rings. The standard InChI is InChI=1S/C20H28ClN3O3/c1-15-12-24(13-20(27-15)7-2-10-26-14-20)19(25)16-5-8-23(9-6-16)18-4-3-17(21)11-22-18/h3-4,11,15-16H,2,5-10,12-14H2,1H3. The molecule has 1 amide bonds. The summed E-state index contributed by atoms with van der Waals surface area (Å²) in [5.41, 5.74) is -0.306. The van der Waals surface area contributed by atoms with Gasteiger partial charge in [-0.15, -0.1) is 0 Å². The van der Waals surface area contributed by atoms with E-state index in [1.165, 1.54) is 0 Å². The Morgan fingerprint density at radius 1 is 1.33 bits per heavy atom. The van der Waals surface area contributed by atoms with Crippen LogP contribution in [0.1, 0.15) is 32.6 Å². The normalized spacial score (nSPS) is 29.9. The van der Waals surface area contributed by atoms with Crippen molar-refractivity contribution in [3.8, 4) is 0 Å². The lowest BCUT2D eigenvalue weighted by molar-refractivity contribution is -0.200. The number of amides is 1. The number of nitrogens with zero attached hydrogens (tertiary/aromatic N) is 3. The van der Waals surface area contributed by atoms with Gasteiger partial charge in [0.05, 0.1) is 24.3 Å². The fourth-order valence-electron chi connectivity index (χ4n) is 4.61. The molecular weight excluding hydrogens is 366 g/mol. The lowest BCUT2D eigenvalue weighted by atomic mass is 9.90. The third-order valence-corrected chi connectivity index (χ3v) is 6.11. The first-order chi connectivity index (χ1) is 13.0. The van der Waals surface area contributed by atoms with E-state index in [4.69, 9.17) is 21.1 Å². The Balaban J connectivity index is 1.36. The fraction of sp³-hybridized carbons (Fsp3) is 0.700. The van der Waals surface area contributed by atoms with E-state index in [2.05, 4.69) is 16.8 Å². The summed E-state index contributed by atoms with van der Waals surface area (Å²) in [5, 5.41) is 0.644. The monoisotopic (exact) mass is 393 g/mol. The van der Waals surface area contributed by atoms with Crippen molar-refractivity contribution in [3.05, 3.63) is 23.4 Å². The third kappa shape index (κ3) is 4.23. The highest BCUT2D eigenvalue weighted by Gasteiger charge is 2.43. The first-order valence-electron chi connectivity index (χ1n) is 9.96. The molecule has 2 atom stereocenters. The SMILES string of the molecule is CC1CN(C(=O)C2CCN(c3ccc(Cl)cn3)CC2)CC2(CCCOC2)O1. The average Bonchev–Trinajstić information content (AvgIpc) is 2.68. The van der Waals surface area contributed by atoms with Crippen molar-refractivity contribution in [1.29, 1.82) is 0 Å². The molecule has 4 heterocycles. The molecule has 3 saturated heterocycles. The molecule has 1 aromatic heterocycles. The number of hydrogen-bond acceptors (Lipinski definition) is 5. The largest absolute Gasteiger partial charge is 0.378 e. The van der Waals surface area contributed by atoms with Crippen molar-refractivity contribution >= 4 is 23.3 Å². The maximum Gasteiger partial charge on any atom is 0.226 e. The molecule has 4 rings (SSSR count). The van der Waals surface area contributed by atoms with Gasteiger partial charge in [0, 0.05) is 38.4 Å². The topological polar surface area (TPSA) is 54.9 Å². The predicted octanol–water partition coefficient (Wildman–Crippen LogP) is 2.75. The Hall–Kier alpha value is -1.37. The van der Waals surface area contributed by atoms with Gasteiger partial charge in [0.25, 0.3) is 0 Å². The molecule has 1 spiro atoms. The van der Waals surface area contributed by atoms with Crippen LogP contribution in [0.5, 0.6) is 0 Å². The summed E-state index contributed by atoms with van der Waals surface area (Å²) in [5.74, 6) is 1.29. The van der Waals surface area contributed by atoms with Gasteiger partial charge in [-0.25, -0.2) is 4.98 Å². The summed E-state index contributed by atoms with van der Waals surface area (Å²) in [6, 6.07) is 3.81. The smallest absolute Gasteiger partial charge is 0.226 e. The van der Waals surface area contributed by atoms with Crippen LogP contribution < -0.4 is 4.90 Å². The second-order valence-electron chi connectivity index (χ2n) is 8.08. The quantitative estimate of drug-likeness (QED) is 0.773. The molecule has 0 aliphatic carbocycles. The number of halogens is 1. The van der Waals surface area contributed by atoms with Gasteiger partial charge in [0.15, 0.2) is 0 Å². The van der Waals surface area contributed by atoms with Crippen LogP contribution in [-0.4, -0.2) is 66.9 Å². The molecule has 1 aromatic rings. The fourth-order valence-corrected chi connectivity index (χ4v) is 4.72. The lowest BCUT2D eigenvalue weighted by Crippen LogP contribution is -2.61. The third-order valence-electron chi connectivity index (χ3n) is 5.89. The second-order valence-corrected chi connectivity index (χ2v) is 8.52. The molecule has 148 valence electrons. The Kier molecular flexibility index (Phi) is 5.58. The van der Waals surface area contributed by atoms with E-state index in [1.807, 2.05) is 17.0 Å². The van der Waals surface area contributed by atoms with Crippen LogP contribution in [0.3, 0.4) is 0 Å². The zero-order chi connectivity index (χ0) is 18.9. The highest BCUT2D eigenvalue weighted by molar-refractivity contribution is 6.30. The van der Waals surface area contributed by atoms with Crippen molar-refractivity contribution in [2.75, 3.05) is 44.3 Å². The van der Waals surface area contributed by atoms with Crippen LogP contribution in [0.25, 0.3) is 0 Å². The molecule has 0 saturated carbocycles. The number of pyridine rings is 1. The number of carbonyl (C=O) groups is 1. The van der Waals surface area contributed by atoms with E-state index < -0.39 is 0 Å². The highest BCUT2D eigenvalue weighted by atomic mass is 35.5. The van der Waals surface area contributed by atoms with Crippen molar-refractivity contribution < 1.29 is 14.3 Å². The number of rotatable bonds is 2. The minimum Gasteiger partial charge on any atom is -0.378 e. The summed E-state index contributed by atoms with van der Waals surface area (Å²) in [6.45, 7) is 6.49. The number of ether oxygens (including phenoxy) is 2. The van der Waals surface area contributed by atoms with E-state index in [0.29, 0.717) is 24.7 Å². The van der Waals surface area contributed by atoms with Crippen LogP contribution in [0, 0.1) is 5.92 Å². The van der Waals surface area contributed by atoms with Crippen molar-refractivity contribution in [2.24, 2.45) is 5.92 Å². The molecule has 0 aromatic carbocycles. The summed E-state index contributed by atoms with van der Waals surface area (Å²) in [4.78, 5) is 21.9. The molecule has 27 heavy (non-hydrogen) atoms. The Morgan fingerprint density at radius 3 is 2.81 bits per heavy atom. The number of aromatic nitrogens is 1. The molecule has 6 nitrogen and oxygen atoms in total. The van der Waals surface area contributed by atoms with E-state index in [9.17, 15) is 4.79 Å². The van der Waals surface area contributed by atoms with Crippen LogP contribution in [-0.2, 0) is 14.3 Å². The van der Waals surface area contributed by atoms with Crippen molar-refractivity contribution in [1.82, 2.24) is 9.88 Å². The molecule has 2 unspecified atom stereocenters. The number of morpholine rings is 1. The van der Waals surface area contributed by atoms with E-state index in [-0.39, 0.29) is 23.5 Å². The number of hydrogen-bond donors (Lipinski definition) is 0. The van der Waals surface area contributed by atoms with Crippen molar-refractivity contribution in [3.63, 3.8) is 0 Å². The van der Waals surface area contributed by atoms with Gasteiger partial charge in [-0.2, -0.15) is 0 Å². The predicted molar refractivity (Wildman–Crippen MR) is 104 cm³/mol. The number of piperidine rings is 1. The van der Waals surface area contributed by atoms with Gasteiger partial charge in [-0.05, 0) is 44.7 Å². The van der Waals surface area contributed by atoms with Crippen LogP contribution in [0.4, 0.5) is 5.82 Å². The number of carbonyl (C=O) groups excluding carboxylic acids is 1. The minimum absolute atomic E-state index is 0.0581. The van der Waals surface area contributed by atoms with Gasteiger partial charge in [-0.1, -0.05) is 11.6 Å². The highest BCUT2D eigenvalue weighted by Crippen LogP contribution is 2.32. The molecule has 0 radical (unpaired) electrons. The van der Waals surface area contributed by atoms with E-state index in [0.717, 1.165) is 51.2 Å². The Labute approximate surface area is 165 Å². The molecule has 3 aliphatic heterocycles. The first kappa shape index (κ1) is 19.0. The second kappa shape index (κ2) is 7.94. The summed E-state index contributed by atoms with van der Waals surface area (Å²) >= 11 is 5.92. The average molecular weight is 394 g/mol. The lowest BCUT2D eigenvalue weighted by Gasteiger charge is -2.48. The minimum atomic E-state index is -0.306. The van der Waals surface area contributed by atoms with Crippen LogP contribution >= 0.6 is 11.6 Å². The van der Waals surface area contributed by atoms with Gasteiger partial charge in [-0.3, -0.25) is 4.79 Å². The van der Waals surface area contributed by atoms with Crippen molar-refractivity contribution in [2.45, 2.75) is 44.3 Å². The number of anilines is 1. The van der Waals surface area contributed by atoms with Gasteiger partial charge in [0.2, 0.25) is 5.91 Å². The van der Waals surface area contributed by atoms with Crippen LogP contribution in [0.15, 0.2) is 18.3 Å². The van der Waals surface area contributed by atoms with E-state index in [1.54, 1.807) is 6.20 Å². The summed E-state index contributed by atoms with van der Waals surface area (Å²) < 4.78 is 11.9. The molecular formula is C20H28ClN3O3. The van der Waals surface area contributed by atoms with Gasteiger partial charge < -0.3 is 19.3 Å². The molecule has 0 N–H and O–H groups in total. The van der Waals surface area contributed by atoms with Gasteiger partial charge >= 0.3 is 0 Å². The van der Waals surface area contributed by atoms with Crippen LogP contribution in [0.2, 0.25) is 5.02 Å².